The molecule has 0 amide bonds. The molecule has 2 fully saturated rings. The fraction of sp³-hybridized carbons (Fsp3) is 0.733. The predicted octanol–water partition coefficient (Wildman–Crippen LogP) is 1.92. The molecule has 1 N–H and O–H groups in total. The summed E-state index contributed by atoms with van der Waals surface area (Å²) in [5.74, 6) is 1.76. The number of aryl methyl sites for hydroxylation is 1. The number of nitrogens with one attached hydrogen (secondary N) is 1. The normalized spacial score (nSPS) is 26.6. The molecule has 5 nitrogen and oxygen atoms in total. The van der Waals surface area contributed by atoms with Crippen molar-refractivity contribution in [1.82, 2.24) is 14.9 Å². The molecule has 2 unspecified atom stereocenters. The average molecular weight is 276 g/mol. The van der Waals surface area contributed by atoms with Gasteiger partial charge in [0.1, 0.15) is 11.9 Å². The van der Waals surface area contributed by atoms with E-state index in [1.165, 1.54) is 19.4 Å². The summed E-state index contributed by atoms with van der Waals surface area (Å²) in [6, 6.07) is 0.617. The highest BCUT2D eigenvalue weighted by Crippen LogP contribution is 2.29. The van der Waals surface area contributed by atoms with Gasteiger partial charge in [0.15, 0.2) is 5.82 Å². The Hall–Kier alpha value is -1.20. The second-order valence-electron chi connectivity index (χ2n) is 5.72. The van der Waals surface area contributed by atoms with Crippen LogP contribution in [0.2, 0.25) is 0 Å². The monoisotopic (exact) mass is 276 g/mol. The standard InChI is InChI=1S/C15H24N4O/c1-4-12-10(2)14(16-3)18-15(17-12)13-8-19-7-5-6-11(19)9-20-13/h11,13H,4-9H2,1-3H3,(H,16,17,18). The fourth-order valence-corrected chi connectivity index (χ4v) is 3.29. The Labute approximate surface area is 120 Å². The number of rotatable bonds is 3. The highest BCUT2D eigenvalue weighted by molar-refractivity contribution is 5.45. The van der Waals surface area contributed by atoms with Gasteiger partial charge in [-0.3, -0.25) is 4.90 Å². The van der Waals surface area contributed by atoms with Crippen molar-refractivity contribution < 1.29 is 4.74 Å². The summed E-state index contributed by atoms with van der Waals surface area (Å²) in [5, 5.41) is 3.18. The Balaban J connectivity index is 1.86. The molecule has 110 valence electrons. The molecule has 0 bridgehead atoms. The number of anilines is 1. The molecule has 2 atom stereocenters. The first-order valence-electron chi connectivity index (χ1n) is 7.63. The quantitative estimate of drug-likeness (QED) is 0.914. The third kappa shape index (κ3) is 2.40. The van der Waals surface area contributed by atoms with Crippen LogP contribution in [0.3, 0.4) is 0 Å². The maximum Gasteiger partial charge on any atom is 0.161 e. The van der Waals surface area contributed by atoms with Crippen LogP contribution >= 0.6 is 0 Å². The molecule has 20 heavy (non-hydrogen) atoms. The Morgan fingerprint density at radius 2 is 2.25 bits per heavy atom. The van der Waals surface area contributed by atoms with E-state index in [4.69, 9.17) is 9.72 Å². The molecule has 3 heterocycles. The van der Waals surface area contributed by atoms with Crippen molar-refractivity contribution >= 4 is 5.82 Å². The zero-order chi connectivity index (χ0) is 14.1. The summed E-state index contributed by atoms with van der Waals surface area (Å²) >= 11 is 0. The summed E-state index contributed by atoms with van der Waals surface area (Å²) in [6.45, 7) is 7.15. The second kappa shape index (κ2) is 5.66. The predicted molar refractivity (Wildman–Crippen MR) is 79.0 cm³/mol. The van der Waals surface area contributed by atoms with Gasteiger partial charge in [-0.2, -0.15) is 0 Å². The minimum Gasteiger partial charge on any atom is -0.373 e. The summed E-state index contributed by atoms with van der Waals surface area (Å²) in [7, 11) is 1.91. The van der Waals surface area contributed by atoms with Crippen molar-refractivity contribution in [1.29, 1.82) is 0 Å². The molecule has 1 aromatic rings. The van der Waals surface area contributed by atoms with Crippen LogP contribution in [0.5, 0.6) is 0 Å². The van der Waals surface area contributed by atoms with E-state index in [0.29, 0.717) is 6.04 Å². The second-order valence-corrected chi connectivity index (χ2v) is 5.72. The van der Waals surface area contributed by atoms with Crippen LogP contribution in [0, 0.1) is 6.92 Å². The van der Waals surface area contributed by atoms with Gasteiger partial charge >= 0.3 is 0 Å². The zero-order valence-electron chi connectivity index (χ0n) is 12.6. The van der Waals surface area contributed by atoms with E-state index >= 15 is 0 Å². The topological polar surface area (TPSA) is 50.3 Å². The molecule has 3 rings (SSSR count). The molecule has 0 saturated carbocycles. The van der Waals surface area contributed by atoms with Crippen LogP contribution in [0.25, 0.3) is 0 Å². The van der Waals surface area contributed by atoms with Crippen molar-refractivity contribution in [3.8, 4) is 0 Å². The maximum atomic E-state index is 6.02. The molecule has 0 spiro atoms. The molecule has 0 radical (unpaired) electrons. The zero-order valence-corrected chi connectivity index (χ0v) is 12.6. The first-order valence-corrected chi connectivity index (χ1v) is 7.63. The van der Waals surface area contributed by atoms with Crippen molar-refractivity contribution in [3.05, 3.63) is 17.1 Å². The van der Waals surface area contributed by atoms with E-state index < -0.39 is 0 Å². The Morgan fingerprint density at radius 3 is 3.00 bits per heavy atom. The van der Waals surface area contributed by atoms with Gasteiger partial charge in [0, 0.05) is 30.9 Å². The van der Waals surface area contributed by atoms with Gasteiger partial charge in [-0.25, -0.2) is 9.97 Å². The number of morpholine rings is 1. The van der Waals surface area contributed by atoms with Crippen LogP contribution in [0.4, 0.5) is 5.82 Å². The number of hydrogen-bond acceptors (Lipinski definition) is 5. The molecule has 1 aromatic heterocycles. The lowest BCUT2D eigenvalue weighted by Crippen LogP contribution is -2.43. The van der Waals surface area contributed by atoms with Gasteiger partial charge in [-0.1, -0.05) is 6.92 Å². The minimum absolute atomic E-state index is 0.0161. The van der Waals surface area contributed by atoms with Crippen molar-refractivity contribution in [2.24, 2.45) is 0 Å². The van der Waals surface area contributed by atoms with Gasteiger partial charge in [0.25, 0.3) is 0 Å². The summed E-state index contributed by atoms with van der Waals surface area (Å²) < 4.78 is 6.02. The van der Waals surface area contributed by atoms with Crippen LogP contribution < -0.4 is 5.32 Å². The van der Waals surface area contributed by atoms with E-state index in [0.717, 1.165) is 42.5 Å². The number of aromatic nitrogens is 2. The smallest absolute Gasteiger partial charge is 0.161 e. The van der Waals surface area contributed by atoms with E-state index in [1.807, 2.05) is 7.05 Å². The SMILES string of the molecule is CCc1nc(C2CN3CCCC3CO2)nc(NC)c1C. The molecular formula is C15H24N4O. The van der Waals surface area contributed by atoms with Crippen LogP contribution in [0.15, 0.2) is 0 Å². The van der Waals surface area contributed by atoms with E-state index in [1.54, 1.807) is 0 Å². The third-order valence-electron chi connectivity index (χ3n) is 4.51. The van der Waals surface area contributed by atoms with Gasteiger partial charge in [0.2, 0.25) is 0 Å². The Morgan fingerprint density at radius 1 is 1.40 bits per heavy atom. The number of ether oxygens (including phenoxy) is 1. The largest absolute Gasteiger partial charge is 0.373 e. The van der Waals surface area contributed by atoms with Gasteiger partial charge in [0.05, 0.1) is 6.61 Å². The minimum atomic E-state index is 0.0161. The molecule has 2 aliphatic heterocycles. The van der Waals surface area contributed by atoms with Crippen LogP contribution in [-0.2, 0) is 11.2 Å². The Bertz CT molecular complexity index is 466. The first kappa shape index (κ1) is 13.8. The number of hydrogen-bond donors (Lipinski definition) is 1. The van der Waals surface area contributed by atoms with Crippen LogP contribution in [-0.4, -0.2) is 47.7 Å². The van der Waals surface area contributed by atoms with Crippen molar-refractivity contribution in [2.75, 3.05) is 32.1 Å². The fourth-order valence-electron chi connectivity index (χ4n) is 3.29. The highest BCUT2D eigenvalue weighted by Gasteiger charge is 2.34. The lowest BCUT2D eigenvalue weighted by Gasteiger charge is -2.34. The van der Waals surface area contributed by atoms with Gasteiger partial charge in [-0.05, 0) is 32.7 Å². The Kier molecular flexibility index (Phi) is 3.89. The summed E-state index contributed by atoms with van der Waals surface area (Å²) in [6.07, 6.45) is 3.50. The average Bonchev–Trinajstić information content (AvgIpc) is 2.95. The number of fused-ring (bicyclic) bond motifs is 1. The van der Waals surface area contributed by atoms with Gasteiger partial charge < -0.3 is 10.1 Å². The van der Waals surface area contributed by atoms with Crippen molar-refractivity contribution in [2.45, 2.75) is 45.3 Å². The summed E-state index contributed by atoms with van der Waals surface area (Å²) in [4.78, 5) is 11.9. The first-order chi connectivity index (χ1) is 9.72. The lowest BCUT2D eigenvalue weighted by atomic mass is 10.1. The maximum absolute atomic E-state index is 6.02. The molecule has 0 aliphatic carbocycles. The van der Waals surface area contributed by atoms with E-state index in [-0.39, 0.29) is 6.10 Å². The van der Waals surface area contributed by atoms with Gasteiger partial charge in [-0.15, -0.1) is 0 Å². The lowest BCUT2D eigenvalue weighted by molar-refractivity contribution is -0.0541. The molecule has 0 aromatic carbocycles. The third-order valence-corrected chi connectivity index (χ3v) is 4.51. The van der Waals surface area contributed by atoms with Crippen molar-refractivity contribution in [3.63, 3.8) is 0 Å². The molecule has 5 heteroatoms. The highest BCUT2D eigenvalue weighted by atomic mass is 16.5. The summed E-state index contributed by atoms with van der Waals surface area (Å²) in [5.41, 5.74) is 2.26. The number of nitrogens with zero attached hydrogens (tertiary/aromatic N) is 3. The molecular weight excluding hydrogens is 252 g/mol. The molecule has 2 saturated heterocycles. The van der Waals surface area contributed by atoms with E-state index in [2.05, 4.69) is 29.0 Å². The van der Waals surface area contributed by atoms with Crippen LogP contribution in [0.1, 0.15) is 43.0 Å². The molecule has 2 aliphatic rings. The van der Waals surface area contributed by atoms with E-state index in [9.17, 15) is 0 Å².